The monoisotopic (exact) mass is 1240 g/mol. The summed E-state index contributed by atoms with van der Waals surface area (Å²) < 4.78 is 33.3. The normalized spacial score (nSPS) is 12.8. The van der Waals surface area contributed by atoms with Crippen LogP contribution in [0.5, 0.6) is 0 Å². The summed E-state index contributed by atoms with van der Waals surface area (Å²) in [6.07, 6.45) is 89.2. The molecule has 0 aromatic heterocycles. The number of carbonyl (C=O) groups is 2. The minimum Gasteiger partial charge on any atom is -0.462 e. The Labute approximate surface area is 536 Å². The zero-order valence-corrected chi connectivity index (χ0v) is 58.7. The van der Waals surface area contributed by atoms with Crippen molar-refractivity contribution in [1.82, 2.24) is 0 Å². The van der Waals surface area contributed by atoms with Gasteiger partial charge in [0.1, 0.15) is 6.61 Å². The van der Waals surface area contributed by atoms with Gasteiger partial charge in [-0.25, -0.2) is 4.57 Å². The summed E-state index contributed by atoms with van der Waals surface area (Å²) in [6, 6.07) is 0. The maximum absolute atomic E-state index is 12.8. The van der Waals surface area contributed by atoms with Crippen molar-refractivity contribution >= 4 is 19.8 Å². The van der Waals surface area contributed by atoms with Crippen molar-refractivity contribution in [3.8, 4) is 0 Å². The highest BCUT2D eigenvalue weighted by Crippen LogP contribution is 2.43. The first-order valence-corrected chi connectivity index (χ1v) is 40.2. The number of unbranched alkanes of at least 4 members (excludes halogenated alkanes) is 60. The standard InChI is InChI=1S/C76H150NO8P/c1-3-5-7-9-11-13-15-17-19-21-23-25-27-29-31-33-35-36-37-38-39-41-43-45-47-49-51-53-55-57-59-61-63-65-67-69-76(79)85-74(73-84-86(80,81)83-71-70-77)72-82-75(78)68-66-64-62-60-58-56-54-52-50-48-46-44-42-40-34-32-30-28-26-24-22-20-18-16-14-12-10-8-6-4-2/h21,23,74H,3-20,22,24-73,77H2,1-2H3,(H,80,81)/b23-21-. The molecule has 2 atom stereocenters. The van der Waals surface area contributed by atoms with Crippen molar-refractivity contribution in [2.24, 2.45) is 5.73 Å². The molecule has 0 aliphatic heterocycles. The Morgan fingerprint density at radius 1 is 0.337 bits per heavy atom. The van der Waals surface area contributed by atoms with Gasteiger partial charge >= 0.3 is 19.8 Å². The van der Waals surface area contributed by atoms with Gasteiger partial charge in [-0.05, 0) is 38.5 Å². The molecular formula is C76H150NO8P. The smallest absolute Gasteiger partial charge is 0.462 e. The summed E-state index contributed by atoms with van der Waals surface area (Å²) in [7, 11) is -4.39. The Hall–Kier alpha value is -1.25. The Morgan fingerprint density at radius 3 is 0.826 bits per heavy atom. The molecule has 0 rings (SSSR count). The first-order chi connectivity index (χ1) is 42.3. The lowest BCUT2D eigenvalue weighted by Gasteiger charge is -2.19. The van der Waals surface area contributed by atoms with E-state index < -0.39 is 26.5 Å². The number of esters is 2. The molecule has 86 heavy (non-hydrogen) atoms. The van der Waals surface area contributed by atoms with E-state index in [4.69, 9.17) is 24.3 Å². The molecular weight excluding hydrogens is 1090 g/mol. The number of hydrogen-bond donors (Lipinski definition) is 2. The number of nitrogens with two attached hydrogens (primary N) is 1. The van der Waals surface area contributed by atoms with Crippen molar-refractivity contribution in [2.45, 2.75) is 437 Å². The molecule has 10 heteroatoms. The van der Waals surface area contributed by atoms with E-state index >= 15 is 0 Å². The fraction of sp³-hybridized carbons (Fsp3) is 0.947. The number of phosphoric acid groups is 1. The molecule has 0 aromatic rings. The van der Waals surface area contributed by atoms with Gasteiger partial charge in [-0.3, -0.25) is 18.6 Å². The predicted molar refractivity (Wildman–Crippen MR) is 372 cm³/mol. The van der Waals surface area contributed by atoms with E-state index in [0.29, 0.717) is 6.42 Å². The zero-order valence-electron chi connectivity index (χ0n) is 57.9. The fourth-order valence-corrected chi connectivity index (χ4v) is 12.9. The summed E-state index contributed by atoms with van der Waals surface area (Å²) in [6.45, 7) is 3.85. The molecule has 0 fully saturated rings. The van der Waals surface area contributed by atoms with Crippen molar-refractivity contribution in [2.75, 3.05) is 26.4 Å². The quantitative estimate of drug-likeness (QED) is 0.0264. The van der Waals surface area contributed by atoms with Gasteiger partial charge in [-0.2, -0.15) is 0 Å². The highest BCUT2D eigenvalue weighted by atomic mass is 31.2. The molecule has 3 N–H and O–H groups in total. The molecule has 0 heterocycles. The van der Waals surface area contributed by atoms with Gasteiger partial charge in [-0.1, -0.05) is 392 Å². The highest BCUT2D eigenvalue weighted by Gasteiger charge is 2.26. The number of allylic oxidation sites excluding steroid dienone is 2. The van der Waals surface area contributed by atoms with E-state index in [1.54, 1.807) is 0 Å². The number of ether oxygens (including phenoxy) is 2. The zero-order chi connectivity index (χ0) is 62.3. The van der Waals surface area contributed by atoms with Crippen LogP contribution in [-0.2, 0) is 32.7 Å². The van der Waals surface area contributed by atoms with E-state index in [-0.39, 0.29) is 38.6 Å². The molecule has 0 spiro atoms. The van der Waals surface area contributed by atoms with Gasteiger partial charge in [0.25, 0.3) is 0 Å². The molecule has 0 radical (unpaired) electrons. The minimum atomic E-state index is -4.39. The second-order valence-electron chi connectivity index (χ2n) is 26.6. The molecule has 0 saturated heterocycles. The molecule has 0 saturated carbocycles. The third kappa shape index (κ3) is 71.8. The second-order valence-corrected chi connectivity index (χ2v) is 28.0. The summed E-state index contributed by atoms with van der Waals surface area (Å²) >= 11 is 0. The van der Waals surface area contributed by atoms with Crippen molar-refractivity contribution < 1.29 is 37.6 Å². The van der Waals surface area contributed by atoms with Gasteiger partial charge in [-0.15, -0.1) is 0 Å². The van der Waals surface area contributed by atoms with Crippen LogP contribution in [0.3, 0.4) is 0 Å². The second kappa shape index (κ2) is 72.8. The van der Waals surface area contributed by atoms with Gasteiger partial charge in [0.05, 0.1) is 13.2 Å². The van der Waals surface area contributed by atoms with Crippen molar-refractivity contribution in [3.05, 3.63) is 12.2 Å². The highest BCUT2D eigenvalue weighted by molar-refractivity contribution is 7.47. The summed E-state index contributed by atoms with van der Waals surface area (Å²) in [5.74, 6) is -0.797. The molecule has 2 unspecified atom stereocenters. The topological polar surface area (TPSA) is 134 Å². The third-order valence-electron chi connectivity index (χ3n) is 17.9. The van der Waals surface area contributed by atoms with E-state index in [1.807, 2.05) is 0 Å². The van der Waals surface area contributed by atoms with Crippen LogP contribution >= 0.6 is 7.82 Å². The van der Waals surface area contributed by atoms with Crippen LogP contribution in [0.25, 0.3) is 0 Å². The molecule has 0 aliphatic carbocycles. The first-order valence-electron chi connectivity index (χ1n) is 38.7. The first kappa shape index (κ1) is 84.8. The summed E-state index contributed by atoms with van der Waals surface area (Å²) in [4.78, 5) is 35.4. The molecule has 0 aliphatic rings. The maximum atomic E-state index is 12.8. The van der Waals surface area contributed by atoms with Gasteiger partial charge in [0.15, 0.2) is 6.10 Å². The van der Waals surface area contributed by atoms with Crippen LogP contribution in [0, 0.1) is 0 Å². The van der Waals surface area contributed by atoms with Gasteiger partial charge in [0.2, 0.25) is 0 Å². The minimum absolute atomic E-state index is 0.0581. The largest absolute Gasteiger partial charge is 0.472 e. The Kier molecular flexibility index (Phi) is 71.8. The average molecular weight is 1240 g/mol. The maximum Gasteiger partial charge on any atom is 0.472 e. The molecule has 0 amide bonds. The Bertz CT molecular complexity index is 1410. The third-order valence-corrected chi connectivity index (χ3v) is 18.9. The van der Waals surface area contributed by atoms with Crippen LogP contribution in [-0.4, -0.2) is 49.3 Å². The number of rotatable bonds is 75. The van der Waals surface area contributed by atoms with E-state index in [2.05, 4.69) is 26.0 Å². The predicted octanol–water partition coefficient (Wildman–Crippen LogP) is 25.5. The molecule has 512 valence electrons. The summed E-state index contributed by atoms with van der Waals surface area (Å²) in [5.41, 5.74) is 5.41. The van der Waals surface area contributed by atoms with Crippen LogP contribution in [0.1, 0.15) is 431 Å². The lowest BCUT2D eigenvalue weighted by molar-refractivity contribution is -0.161. The van der Waals surface area contributed by atoms with Crippen LogP contribution in [0.15, 0.2) is 12.2 Å². The Balaban J connectivity index is 3.75. The number of hydrogen-bond acceptors (Lipinski definition) is 8. The molecule has 0 aromatic carbocycles. The lowest BCUT2D eigenvalue weighted by Crippen LogP contribution is -2.29. The average Bonchev–Trinajstić information content (AvgIpc) is 3.59. The van der Waals surface area contributed by atoms with Gasteiger partial charge < -0.3 is 20.1 Å². The van der Waals surface area contributed by atoms with Crippen LogP contribution in [0.2, 0.25) is 0 Å². The van der Waals surface area contributed by atoms with Crippen LogP contribution < -0.4 is 5.73 Å². The Morgan fingerprint density at radius 2 is 0.570 bits per heavy atom. The van der Waals surface area contributed by atoms with E-state index in [1.165, 1.54) is 366 Å². The SMILES string of the molecule is CCCCCCCCCC/C=C\CCCCCCCCCCCCCCCCCCCCCCCCCC(=O)OC(COC(=O)CCCCCCCCCCCCCCCCCCCCCCCCCCCCCCCC)COP(=O)(O)OCCN. The number of phosphoric ester groups is 1. The van der Waals surface area contributed by atoms with Gasteiger partial charge in [0, 0.05) is 19.4 Å². The summed E-state index contributed by atoms with van der Waals surface area (Å²) in [5, 5.41) is 0. The van der Waals surface area contributed by atoms with E-state index in [9.17, 15) is 19.0 Å². The van der Waals surface area contributed by atoms with Crippen molar-refractivity contribution in [3.63, 3.8) is 0 Å². The number of carbonyl (C=O) groups excluding carboxylic acids is 2. The van der Waals surface area contributed by atoms with Crippen LogP contribution in [0.4, 0.5) is 0 Å². The fourth-order valence-electron chi connectivity index (χ4n) is 12.2. The lowest BCUT2D eigenvalue weighted by atomic mass is 10.0. The van der Waals surface area contributed by atoms with E-state index in [0.717, 1.165) is 32.1 Å². The molecule has 9 nitrogen and oxygen atoms in total. The van der Waals surface area contributed by atoms with Crippen molar-refractivity contribution in [1.29, 1.82) is 0 Å². The molecule has 0 bridgehead atoms.